The van der Waals surface area contributed by atoms with Crippen molar-refractivity contribution in [3.63, 3.8) is 0 Å². The van der Waals surface area contributed by atoms with Gasteiger partial charge in [-0.2, -0.15) is 0 Å². The molecule has 1 aliphatic heterocycles. The monoisotopic (exact) mass is 1060 g/mol. The zero-order valence-corrected chi connectivity index (χ0v) is 39.2. The molecule has 0 saturated heterocycles. The zero-order chi connectivity index (χ0) is 52.5. The van der Waals surface area contributed by atoms with E-state index < -0.39 is 32.0 Å². The molecule has 10 aromatic rings. The van der Waals surface area contributed by atoms with Crippen LogP contribution in [0.5, 0.6) is 11.6 Å². The molecule has 0 spiro atoms. The van der Waals surface area contributed by atoms with Crippen molar-refractivity contribution in [3.8, 4) is 45.3 Å². The first-order chi connectivity index (χ1) is 36.0. The maximum absolute atomic E-state index is 9.07. The van der Waals surface area contributed by atoms with Crippen LogP contribution in [-0.4, -0.2) is 21.1 Å². The van der Waals surface area contributed by atoms with Crippen LogP contribution in [0.2, 0.25) is 0 Å². The van der Waals surface area contributed by atoms with Gasteiger partial charge in [-0.3, -0.25) is 0 Å². The first-order valence-electron chi connectivity index (χ1n) is 26.1. The van der Waals surface area contributed by atoms with Crippen LogP contribution >= 0.6 is 0 Å². The van der Waals surface area contributed by atoms with Crippen LogP contribution in [0.3, 0.4) is 0 Å². The van der Waals surface area contributed by atoms with E-state index in [2.05, 4.69) is 116 Å². The summed E-state index contributed by atoms with van der Waals surface area (Å²) in [5, 5.41) is 0. The van der Waals surface area contributed by atoms with Gasteiger partial charge in [-0.1, -0.05) is 60.6 Å². The normalized spacial score (nSPS) is 14.4. The minimum absolute atomic E-state index is 0.00514. The molecule has 0 atom stereocenters. The van der Waals surface area contributed by atoms with Crippen LogP contribution in [0.4, 0.5) is 22.9 Å². The first-order valence-corrected chi connectivity index (χ1v) is 23.2. The van der Waals surface area contributed by atoms with E-state index in [4.69, 9.17) is 20.7 Å². The first kappa shape index (κ1) is 33.9. The van der Waals surface area contributed by atoms with Gasteiger partial charge in [-0.15, -0.1) is 0 Å². The topological polar surface area (TPSA) is 38.5 Å². The van der Waals surface area contributed by atoms with Crippen molar-refractivity contribution >= 4 is 46.4 Å². The van der Waals surface area contributed by atoms with E-state index in [0.717, 1.165) is 48.2 Å². The van der Waals surface area contributed by atoms with Crippen molar-refractivity contribution < 1.29 is 35.1 Å². The van der Waals surface area contributed by atoms with Crippen molar-refractivity contribution in [1.29, 1.82) is 0 Å². The van der Waals surface area contributed by atoms with Gasteiger partial charge in [0.1, 0.15) is 0 Å². The fraction of sp³-hybridized carbons (Fsp3) is 0.0847. The fourth-order valence-electron chi connectivity index (χ4n) is 9.06. The molecular weight excluding hydrogens is 1000 g/mol. The molecular formula is C59H48BN5OPt. The number of benzene rings is 8. The van der Waals surface area contributed by atoms with Crippen molar-refractivity contribution in [2.24, 2.45) is 0 Å². The Morgan fingerprint density at radius 2 is 1.19 bits per heavy atom. The van der Waals surface area contributed by atoms with Crippen LogP contribution in [-0.2, 0) is 24.8 Å². The Balaban J connectivity index is 1.05. The predicted molar refractivity (Wildman–Crippen MR) is 273 cm³/mol. The summed E-state index contributed by atoms with van der Waals surface area (Å²) in [6.07, 6.45) is 0. The molecule has 67 heavy (non-hydrogen) atoms. The number of ether oxygens (including phenoxy) is 1. The number of hydrogen-bond acceptors (Lipinski definition) is 4. The molecule has 0 bridgehead atoms. The van der Waals surface area contributed by atoms with Crippen molar-refractivity contribution in [2.45, 2.75) is 33.0 Å². The number of hydrogen-bond donors (Lipinski definition) is 0. The van der Waals surface area contributed by atoms with Gasteiger partial charge in [-0.25, -0.2) is 0 Å². The number of aromatic nitrogens is 3. The predicted octanol–water partition coefficient (Wildman–Crippen LogP) is 14.3. The summed E-state index contributed by atoms with van der Waals surface area (Å²) >= 11 is 2.37. The van der Waals surface area contributed by atoms with Gasteiger partial charge in [-0.05, 0) is 18.2 Å². The Hall–Kier alpha value is -7.47. The van der Waals surface area contributed by atoms with Crippen molar-refractivity contribution in [2.75, 3.05) is 9.62 Å². The molecule has 0 radical (unpaired) electrons. The third kappa shape index (κ3) is 7.73. The van der Waals surface area contributed by atoms with E-state index in [1.807, 2.05) is 95.8 Å². The third-order valence-corrected chi connectivity index (χ3v) is 13.2. The smallest absolute Gasteiger partial charge is 0.0602 e. The molecule has 0 N–H and O–H groups in total. The summed E-state index contributed by atoms with van der Waals surface area (Å²) in [6.45, 7) is 3.30. The summed E-state index contributed by atoms with van der Waals surface area (Å²) in [7, 11) is 0. The minimum Gasteiger partial charge on any atom is -0.0602 e. The summed E-state index contributed by atoms with van der Waals surface area (Å²) < 4.78 is 81.8. The number of anilines is 4. The quantitative estimate of drug-likeness (QED) is 0.135. The molecule has 0 unspecified atom stereocenters. The number of rotatable bonds is 9. The van der Waals surface area contributed by atoms with E-state index in [9.17, 15) is 0 Å². The molecule has 8 heteroatoms. The van der Waals surface area contributed by atoms with E-state index in [0.29, 0.717) is 22.9 Å². The second kappa shape index (κ2) is 17.4. The molecule has 2 aromatic heterocycles. The van der Waals surface area contributed by atoms with Crippen LogP contribution in [0.25, 0.3) is 44.7 Å². The molecule has 8 aromatic carbocycles. The molecule has 0 saturated carbocycles. The van der Waals surface area contributed by atoms with Gasteiger partial charge in [0, 0.05) is 5.69 Å². The molecule has 6 nitrogen and oxygen atoms in total. The number of pyridine rings is 1. The molecule has 0 aliphatic carbocycles. The summed E-state index contributed by atoms with van der Waals surface area (Å²) in [6, 6.07) is 59.1. The van der Waals surface area contributed by atoms with Gasteiger partial charge in [0.25, 0.3) is 0 Å². The summed E-state index contributed by atoms with van der Waals surface area (Å²) in [5.41, 5.74) is 10.9. The van der Waals surface area contributed by atoms with Crippen LogP contribution in [0.15, 0.2) is 218 Å². The number of aryl methyl sites for hydroxylation is 1. The fourth-order valence-corrected chi connectivity index (χ4v) is 10.2. The Bertz CT molecular complexity index is 3870. The Morgan fingerprint density at radius 1 is 0.582 bits per heavy atom. The van der Waals surface area contributed by atoms with Crippen LogP contribution in [0, 0.1) is 10.7 Å². The summed E-state index contributed by atoms with van der Waals surface area (Å²) in [4.78, 5) is 8.76. The molecule has 3 heterocycles. The molecule has 0 fully saturated rings. The number of nitrogens with zero attached hydrogens (tertiary/aromatic N) is 5. The molecule has 11 rings (SSSR count). The zero-order valence-electron chi connectivity index (χ0n) is 44.9. The van der Waals surface area contributed by atoms with E-state index >= 15 is 0 Å². The van der Waals surface area contributed by atoms with E-state index in [1.54, 1.807) is 35.1 Å². The van der Waals surface area contributed by atoms with Crippen LogP contribution < -0.4 is 19.8 Å². The minimum atomic E-state index is -2.57. The van der Waals surface area contributed by atoms with Gasteiger partial charge in [0.05, 0.1) is 6.85 Å². The SMILES string of the molecule is [2H]c1c([2H])c([2H])c(N2B(c3ccccc3)N(c3cccc(Oc4cc(-n5[c](=[Pt])n(-c6c(-c7ccccc7)cccc6-c6ccc(C(C)(C)C)cc6)c6ccccc65)ccc4C([2H])([2H])[2H])n3)c3ccccc32)c([2H])c1[2H]. The number of para-hydroxylation sites is 6. The Morgan fingerprint density at radius 3 is 1.88 bits per heavy atom. The average Bonchev–Trinajstić information content (AvgIpc) is 3.92. The van der Waals surface area contributed by atoms with Gasteiger partial charge >= 0.3 is 325 Å². The van der Waals surface area contributed by atoms with E-state index in [1.165, 1.54) is 5.56 Å². The second-order valence-corrected chi connectivity index (χ2v) is 18.4. The third-order valence-electron chi connectivity index (χ3n) is 12.2. The molecule has 1 aliphatic rings. The van der Waals surface area contributed by atoms with Crippen molar-refractivity contribution in [1.82, 2.24) is 14.1 Å². The molecule has 328 valence electrons. The van der Waals surface area contributed by atoms with Gasteiger partial charge < -0.3 is 0 Å². The molecule has 0 amide bonds. The second-order valence-electron chi connectivity index (χ2n) is 17.4. The Labute approximate surface area is 414 Å². The van der Waals surface area contributed by atoms with Gasteiger partial charge in [0.15, 0.2) is 0 Å². The van der Waals surface area contributed by atoms with E-state index in [-0.39, 0.29) is 40.4 Å². The number of imidazole rings is 1. The maximum atomic E-state index is 9.07. The average molecular weight is 1060 g/mol. The van der Waals surface area contributed by atoms with Crippen molar-refractivity contribution in [3.05, 3.63) is 233 Å². The number of fused-ring (bicyclic) bond motifs is 2. The summed E-state index contributed by atoms with van der Waals surface area (Å²) in [5.74, 6) is 0.606. The van der Waals surface area contributed by atoms with Gasteiger partial charge in [0.2, 0.25) is 0 Å². The Kier molecular flexibility index (Phi) is 8.81. The standard InChI is InChI=1S/C59H48BN5O.Pt/c1-42-34-39-48(40-55(42)66-57-33-19-32-56(61-57)65-54-31-17-16-30-53(54)64(47-24-12-7-13-25-47)60(65)46-22-10-6-11-23-46)62-41-63(52-29-15-14-28-51(52)62)58-49(43-20-8-5-9-21-43)26-18-27-50(58)44-35-37-45(38-36-44)59(2,3)4;/h5-40H,1-4H3;/i1D3,7D,12D,13D,24D,25D;. The van der Waals surface area contributed by atoms with Crippen LogP contribution in [0.1, 0.15) is 42.9 Å².